The molecule has 1 aromatic rings. The van der Waals surface area contributed by atoms with Crippen LogP contribution in [0.15, 0.2) is 22.8 Å². The standard InChI is InChI=1S/C11H17BrN2/c1-3-8(2)11(13)6-10-5-4-9(12)7-14-10/h4-5,7-8,11H,3,6,13H2,1-2H3. The van der Waals surface area contributed by atoms with Crippen molar-refractivity contribution in [1.82, 2.24) is 4.98 Å². The normalized spacial score (nSPS) is 15.1. The fraction of sp³-hybridized carbons (Fsp3) is 0.545. The molecule has 1 heterocycles. The molecule has 0 bridgehead atoms. The minimum absolute atomic E-state index is 0.216. The maximum absolute atomic E-state index is 6.05. The molecule has 0 spiro atoms. The van der Waals surface area contributed by atoms with E-state index in [0.717, 1.165) is 23.0 Å². The third-order valence-electron chi connectivity index (χ3n) is 2.61. The summed E-state index contributed by atoms with van der Waals surface area (Å²) in [6.07, 6.45) is 3.80. The Kier molecular flexibility index (Phi) is 4.55. The maximum Gasteiger partial charge on any atom is 0.0420 e. The van der Waals surface area contributed by atoms with Gasteiger partial charge in [-0.1, -0.05) is 20.3 Å². The molecule has 3 heteroatoms. The van der Waals surface area contributed by atoms with Gasteiger partial charge in [0.05, 0.1) is 0 Å². The van der Waals surface area contributed by atoms with E-state index in [4.69, 9.17) is 5.73 Å². The van der Waals surface area contributed by atoms with Crippen LogP contribution in [0.1, 0.15) is 26.0 Å². The van der Waals surface area contributed by atoms with E-state index < -0.39 is 0 Å². The highest BCUT2D eigenvalue weighted by Gasteiger charge is 2.11. The third-order valence-corrected chi connectivity index (χ3v) is 3.08. The molecule has 1 aromatic heterocycles. The molecule has 14 heavy (non-hydrogen) atoms. The Labute approximate surface area is 94.0 Å². The van der Waals surface area contributed by atoms with Crippen LogP contribution in [-0.4, -0.2) is 11.0 Å². The maximum atomic E-state index is 6.05. The smallest absolute Gasteiger partial charge is 0.0420 e. The van der Waals surface area contributed by atoms with Gasteiger partial charge >= 0.3 is 0 Å². The van der Waals surface area contributed by atoms with E-state index in [-0.39, 0.29) is 6.04 Å². The molecule has 0 aliphatic rings. The van der Waals surface area contributed by atoms with Crippen molar-refractivity contribution in [2.75, 3.05) is 0 Å². The van der Waals surface area contributed by atoms with Crippen LogP contribution in [0.4, 0.5) is 0 Å². The zero-order chi connectivity index (χ0) is 10.6. The Morgan fingerprint density at radius 3 is 2.71 bits per heavy atom. The Hall–Kier alpha value is -0.410. The van der Waals surface area contributed by atoms with Gasteiger partial charge in [0.1, 0.15) is 0 Å². The van der Waals surface area contributed by atoms with Crippen molar-refractivity contribution < 1.29 is 0 Å². The molecule has 0 fully saturated rings. The van der Waals surface area contributed by atoms with Gasteiger partial charge in [0, 0.05) is 28.8 Å². The molecule has 1 rings (SSSR count). The molecule has 2 unspecified atom stereocenters. The first-order valence-electron chi connectivity index (χ1n) is 4.99. The summed E-state index contributed by atoms with van der Waals surface area (Å²) in [5.74, 6) is 0.556. The molecular formula is C11H17BrN2. The average Bonchev–Trinajstić information content (AvgIpc) is 2.20. The summed E-state index contributed by atoms with van der Waals surface area (Å²) >= 11 is 3.36. The number of hydrogen-bond acceptors (Lipinski definition) is 2. The Balaban J connectivity index is 2.56. The lowest BCUT2D eigenvalue weighted by Gasteiger charge is -2.17. The molecule has 2 nitrogen and oxygen atoms in total. The molecule has 0 aliphatic carbocycles. The molecule has 2 N–H and O–H groups in total. The molecule has 78 valence electrons. The Morgan fingerprint density at radius 2 is 2.21 bits per heavy atom. The predicted molar refractivity (Wildman–Crippen MR) is 63.1 cm³/mol. The molecule has 0 aromatic carbocycles. The van der Waals surface area contributed by atoms with Gasteiger partial charge in [-0.05, 0) is 34.0 Å². The van der Waals surface area contributed by atoms with E-state index in [2.05, 4.69) is 34.8 Å². The number of aromatic nitrogens is 1. The quantitative estimate of drug-likeness (QED) is 0.900. The van der Waals surface area contributed by atoms with Crippen molar-refractivity contribution in [3.63, 3.8) is 0 Å². The van der Waals surface area contributed by atoms with Gasteiger partial charge in [-0.2, -0.15) is 0 Å². The van der Waals surface area contributed by atoms with E-state index in [1.807, 2.05) is 18.3 Å². The molecular weight excluding hydrogens is 240 g/mol. The van der Waals surface area contributed by atoms with E-state index in [9.17, 15) is 0 Å². The second-order valence-corrected chi connectivity index (χ2v) is 4.64. The molecule has 0 amide bonds. The lowest BCUT2D eigenvalue weighted by molar-refractivity contribution is 0.437. The monoisotopic (exact) mass is 256 g/mol. The molecule has 0 aliphatic heterocycles. The van der Waals surface area contributed by atoms with E-state index in [1.54, 1.807) is 0 Å². The number of hydrogen-bond donors (Lipinski definition) is 1. The third kappa shape index (κ3) is 3.39. The van der Waals surface area contributed by atoms with Crippen LogP contribution in [0.5, 0.6) is 0 Å². The second-order valence-electron chi connectivity index (χ2n) is 3.72. The van der Waals surface area contributed by atoms with Crippen molar-refractivity contribution in [3.8, 4) is 0 Å². The molecule has 0 radical (unpaired) electrons. The largest absolute Gasteiger partial charge is 0.327 e. The van der Waals surface area contributed by atoms with Crippen LogP contribution in [0.3, 0.4) is 0 Å². The van der Waals surface area contributed by atoms with Gasteiger partial charge in [-0.25, -0.2) is 0 Å². The summed E-state index contributed by atoms with van der Waals surface area (Å²) in [5.41, 5.74) is 7.12. The summed E-state index contributed by atoms with van der Waals surface area (Å²) in [7, 11) is 0. The first kappa shape index (κ1) is 11.7. The number of pyridine rings is 1. The number of halogens is 1. The summed E-state index contributed by atoms with van der Waals surface area (Å²) in [6, 6.07) is 4.24. The van der Waals surface area contributed by atoms with Gasteiger partial charge in [-0.15, -0.1) is 0 Å². The highest BCUT2D eigenvalue weighted by Crippen LogP contribution is 2.12. The van der Waals surface area contributed by atoms with Gasteiger partial charge < -0.3 is 5.73 Å². The van der Waals surface area contributed by atoms with E-state index in [1.165, 1.54) is 0 Å². The summed E-state index contributed by atoms with van der Waals surface area (Å²) in [4.78, 5) is 4.31. The predicted octanol–water partition coefficient (Wildman–Crippen LogP) is 2.76. The summed E-state index contributed by atoms with van der Waals surface area (Å²) in [6.45, 7) is 4.35. The van der Waals surface area contributed by atoms with Gasteiger partial charge in [0.15, 0.2) is 0 Å². The van der Waals surface area contributed by atoms with Crippen molar-refractivity contribution in [2.45, 2.75) is 32.7 Å². The van der Waals surface area contributed by atoms with E-state index in [0.29, 0.717) is 5.92 Å². The SMILES string of the molecule is CCC(C)C(N)Cc1ccc(Br)cn1. The zero-order valence-corrected chi connectivity index (χ0v) is 10.3. The van der Waals surface area contributed by atoms with Gasteiger partial charge in [-0.3, -0.25) is 4.98 Å². The fourth-order valence-corrected chi connectivity index (χ4v) is 1.51. The van der Waals surface area contributed by atoms with Gasteiger partial charge in [0.25, 0.3) is 0 Å². The fourth-order valence-electron chi connectivity index (χ4n) is 1.27. The highest BCUT2D eigenvalue weighted by molar-refractivity contribution is 9.10. The van der Waals surface area contributed by atoms with Crippen molar-refractivity contribution in [1.29, 1.82) is 0 Å². The number of nitrogens with zero attached hydrogens (tertiary/aromatic N) is 1. The molecule has 0 saturated carbocycles. The first-order chi connectivity index (χ1) is 6.63. The van der Waals surface area contributed by atoms with Crippen LogP contribution in [0.25, 0.3) is 0 Å². The van der Waals surface area contributed by atoms with Gasteiger partial charge in [0.2, 0.25) is 0 Å². The van der Waals surface area contributed by atoms with Crippen LogP contribution >= 0.6 is 15.9 Å². The van der Waals surface area contributed by atoms with Crippen molar-refractivity contribution in [3.05, 3.63) is 28.5 Å². The minimum Gasteiger partial charge on any atom is -0.327 e. The van der Waals surface area contributed by atoms with Crippen molar-refractivity contribution >= 4 is 15.9 Å². The topological polar surface area (TPSA) is 38.9 Å². The second kappa shape index (κ2) is 5.47. The highest BCUT2D eigenvalue weighted by atomic mass is 79.9. The van der Waals surface area contributed by atoms with Crippen LogP contribution in [0.2, 0.25) is 0 Å². The lowest BCUT2D eigenvalue weighted by atomic mass is 9.96. The average molecular weight is 257 g/mol. The van der Waals surface area contributed by atoms with Crippen LogP contribution < -0.4 is 5.73 Å². The van der Waals surface area contributed by atoms with E-state index >= 15 is 0 Å². The number of rotatable bonds is 4. The van der Waals surface area contributed by atoms with Crippen molar-refractivity contribution in [2.24, 2.45) is 11.7 Å². The first-order valence-corrected chi connectivity index (χ1v) is 5.78. The molecule has 2 atom stereocenters. The minimum atomic E-state index is 0.216. The zero-order valence-electron chi connectivity index (χ0n) is 8.70. The summed E-state index contributed by atoms with van der Waals surface area (Å²) in [5, 5.41) is 0. The van der Waals surface area contributed by atoms with Crippen LogP contribution in [-0.2, 0) is 6.42 Å². The Bertz CT molecular complexity index is 271. The van der Waals surface area contributed by atoms with Crippen LogP contribution in [0, 0.1) is 5.92 Å². The lowest BCUT2D eigenvalue weighted by Crippen LogP contribution is -2.30. The number of nitrogens with two attached hydrogens (primary N) is 1. The Morgan fingerprint density at radius 1 is 1.50 bits per heavy atom. The molecule has 0 saturated heterocycles. The summed E-state index contributed by atoms with van der Waals surface area (Å²) < 4.78 is 1.01.